The van der Waals surface area contributed by atoms with Crippen molar-refractivity contribution in [2.45, 2.75) is 19.4 Å². The molecule has 1 aromatic heterocycles. The van der Waals surface area contributed by atoms with E-state index in [0.717, 1.165) is 15.1 Å². The van der Waals surface area contributed by atoms with E-state index in [-0.39, 0.29) is 6.10 Å². The Morgan fingerprint density at radius 1 is 1.70 bits per heavy atom. The van der Waals surface area contributed by atoms with Gasteiger partial charge < -0.3 is 5.11 Å². The molecule has 0 fully saturated rings. The zero-order chi connectivity index (χ0) is 7.56. The Kier molecular flexibility index (Phi) is 2.89. The van der Waals surface area contributed by atoms with Gasteiger partial charge in [0.1, 0.15) is 0 Å². The van der Waals surface area contributed by atoms with E-state index >= 15 is 0 Å². The Balaban J connectivity index is 2.74. The summed E-state index contributed by atoms with van der Waals surface area (Å²) in [5, 5.41) is 9.33. The second kappa shape index (κ2) is 3.51. The van der Waals surface area contributed by atoms with Crippen molar-refractivity contribution >= 4 is 27.3 Å². The Labute approximate surface area is 72.8 Å². The van der Waals surface area contributed by atoms with Gasteiger partial charge in [-0.05, 0) is 34.5 Å². The number of hydrogen-bond acceptors (Lipinski definition) is 2. The van der Waals surface area contributed by atoms with Crippen molar-refractivity contribution < 1.29 is 5.11 Å². The van der Waals surface area contributed by atoms with E-state index in [1.807, 2.05) is 19.1 Å². The molecule has 0 aliphatic rings. The Morgan fingerprint density at radius 3 is 2.80 bits per heavy atom. The van der Waals surface area contributed by atoms with Crippen LogP contribution >= 0.6 is 27.3 Å². The standard InChI is InChI=1S/C7H9BrOS/c1-2-5(9)6-3-4-7(8)10-6/h3-5,9H,2H2,1H3/t5-/m0/s1. The third kappa shape index (κ3) is 1.81. The van der Waals surface area contributed by atoms with Crippen molar-refractivity contribution in [1.82, 2.24) is 0 Å². The smallest absolute Gasteiger partial charge is 0.0879 e. The van der Waals surface area contributed by atoms with Crippen molar-refractivity contribution in [1.29, 1.82) is 0 Å². The van der Waals surface area contributed by atoms with Crippen LogP contribution in [-0.4, -0.2) is 5.11 Å². The van der Waals surface area contributed by atoms with Crippen LogP contribution in [0.5, 0.6) is 0 Å². The van der Waals surface area contributed by atoms with Crippen LogP contribution in [-0.2, 0) is 0 Å². The van der Waals surface area contributed by atoms with E-state index in [9.17, 15) is 5.11 Å². The highest BCUT2D eigenvalue weighted by molar-refractivity contribution is 9.11. The highest BCUT2D eigenvalue weighted by Crippen LogP contribution is 2.28. The molecule has 0 saturated carbocycles. The predicted octanol–water partition coefficient (Wildman–Crippen LogP) is 2.95. The largest absolute Gasteiger partial charge is 0.388 e. The lowest BCUT2D eigenvalue weighted by Gasteiger charge is -2.01. The van der Waals surface area contributed by atoms with Crippen LogP contribution in [0.2, 0.25) is 0 Å². The average Bonchev–Trinajstić information content (AvgIpc) is 2.34. The van der Waals surface area contributed by atoms with Gasteiger partial charge in [-0.1, -0.05) is 6.92 Å². The van der Waals surface area contributed by atoms with E-state index in [1.54, 1.807) is 11.3 Å². The van der Waals surface area contributed by atoms with E-state index in [1.165, 1.54) is 0 Å². The van der Waals surface area contributed by atoms with Crippen molar-refractivity contribution in [2.75, 3.05) is 0 Å². The summed E-state index contributed by atoms with van der Waals surface area (Å²) < 4.78 is 1.08. The summed E-state index contributed by atoms with van der Waals surface area (Å²) in [6, 6.07) is 3.90. The molecule has 1 N–H and O–H groups in total. The molecular formula is C7H9BrOS. The SMILES string of the molecule is CC[C@H](O)c1ccc(Br)s1. The Morgan fingerprint density at radius 2 is 2.40 bits per heavy atom. The number of aliphatic hydroxyl groups is 1. The fraction of sp³-hybridized carbons (Fsp3) is 0.429. The first kappa shape index (κ1) is 8.24. The third-order valence-corrected chi connectivity index (χ3v) is 3.03. The molecule has 0 saturated heterocycles. The van der Waals surface area contributed by atoms with Crippen molar-refractivity contribution in [3.8, 4) is 0 Å². The summed E-state index contributed by atoms with van der Waals surface area (Å²) in [6.07, 6.45) is 0.503. The summed E-state index contributed by atoms with van der Waals surface area (Å²) >= 11 is 4.92. The maximum Gasteiger partial charge on any atom is 0.0879 e. The molecule has 0 spiro atoms. The van der Waals surface area contributed by atoms with Gasteiger partial charge in [-0.2, -0.15) is 0 Å². The molecular weight excluding hydrogens is 212 g/mol. The molecule has 0 aromatic carbocycles. The van der Waals surface area contributed by atoms with Gasteiger partial charge in [-0.25, -0.2) is 0 Å². The highest BCUT2D eigenvalue weighted by atomic mass is 79.9. The van der Waals surface area contributed by atoms with Crippen molar-refractivity contribution in [3.05, 3.63) is 20.8 Å². The van der Waals surface area contributed by atoms with Gasteiger partial charge >= 0.3 is 0 Å². The van der Waals surface area contributed by atoms with Gasteiger partial charge in [0.15, 0.2) is 0 Å². The summed E-state index contributed by atoms with van der Waals surface area (Å²) in [4.78, 5) is 1.04. The lowest BCUT2D eigenvalue weighted by atomic mass is 10.2. The van der Waals surface area contributed by atoms with E-state index in [0.29, 0.717) is 0 Å². The first-order valence-electron chi connectivity index (χ1n) is 3.17. The molecule has 1 aromatic rings. The van der Waals surface area contributed by atoms with Gasteiger partial charge in [-0.15, -0.1) is 11.3 Å². The fourth-order valence-corrected chi connectivity index (χ4v) is 2.20. The van der Waals surface area contributed by atoms with E-state index < -0.39 is 0 Å². The lowest BCUT2D eigenvalue weighted by molar-refractivity contribution is 0.177. The molecule has 3 heteroatoms. The molecule has 1 nitrogen and oxygen atoms in total. The Hall–Kier alpha value is 0.140. The van der Waals surface area contributed by atoms with Crippen molar-refractivity contribution in [2.24, 2.45) is 0 Å². The zero-order valence-electron chi connectivity index (χ0n) is 5.67. The number of thiophene rings is 1. The highest BCUT2D eigenvalue weighted by Gasteiger charge is 2.05. The van der Waals surface area contributed by atoms with Gasteiger partial charge in [-0.3, -0.25) is 0 Å². The monoisotopic (exact) mass is 220 g/mol. The number of halogens is 1. The fourth-order valence-electron chi connectivity index (χ4n) is 0.709. The number of aliphatic hydroxyl groups excluding tert-OH is 1. The van der Waals surface area contributed by atoms with Crippen LogP contribution in [0.25, 0.3) is 0 Å². The number of rotatable bonds is 2. The molecule has 1 heterocycles. The molecule has 1 atom stereocenters. The van der Waals surface area contributed by atoms with Crippen molar-refractivity contribution in [3.63, 3.8) is 0 Å². The first-order valence-corrected chi connectivity index (χ1v) is 4.78. The molecule has 0 bridgehead atoms. The molecule has 0 unspecified atom stereocenters. The van der Waals surface area contributed by atoms with Crippen LogP contribution in [0, 0.1) is 0 Å². The molecule has 1 rings (SSSR count). The second-order valence-corrected chi connectivity index (χ2v) is 4.56. The molecule has 0 aliphatic heterocycles. The lowest BCUT2D eigenvalue weighted by Crippen LogP contribution is -1.89. The second-order valence-electron chi connectivity index (χ2n) is 2.07. The van der Waals surface area contributed by atoms with Gasteiger partial charge in [0.05, 0.1) is 9.89 Å². The maximum absolute atomic E-state index is 9.33. The maximum atomic E-state index is 9.33. The molecule has 56 valence electrons. The summed E-state index contributed by atoms with van der Waals surface area (Å²) in [5.74, 6) is 0. The van der Waals surface area contributed by atoms with E-state index in [2.05, 4.69) is 15.9 Å². The Bertz CT molecular complexity index is 209. The average molecular weight is 221 g/mol. The molecule has 0 aliphatic carbocycles. The minimum atomic E-state index is -0.281. The normalized spacial score (nSPS) is 13.5. The minimum absolute atomic E-state index is 0.281. The van der Waals surface area contributed by atoms with Crippen LogP contribution in [0.15, 0.2) is 15.9 Å². The van der Waals surface area contributed by atoms with Crippen LogP contribution in [0.1, 0.15) is 24.3 Å². The molecule has 0 amide bonds. The topological polar surface area (TPSA) is 20.2 Å². The van der Waals surface area contributed by atoms with Crippen LogP contribution < -0.4 is 0 Å². The van der Waals surface area contributed by atoms with E-state index in [4.69, 9.17) is 0 Å². The van der Waals surface area contributed by atoms with Gasteiger partial charge in [0.2, 0.25) is 0 Å². The van der Waals surface area contributed by atoms with Crippen LogP contribution in [0.4, 0.5) is 0 Å². The molecule has 10 heavy (non-hydrogen) atoms. The number of hydrogen-bond donors (Lipinski definition) is 1. The van der Waals surface area contributed by atoms with Gasteiger partial charge in [0.25, 0.3) is 0 Å². The zero-order valence-corrected chi connectivity index (χ0v) is 8.08. The van der Waals surface area contributed by atoms with Gasteiger partial charge in [0, 0.05) is 4.88 Å². The minimum Gasteiger partial charge on any atom is -0.388 e. The summed E-state index contributed by atoms with van der Waals surface area (Å²) in [5.41, 5.74) is 0. The van der Waals surface area contributed by atoms with Crippen LogP contribution in [0.3, 0.4) is 0 Å². The summed E-state index contributed by atoms with van der Waals surface area (Å²) in [7, 11) is 0. The summed E-state index contributed by atoms with van der Waals surface area (Å²) in [6.45, 7) is 1.97. The molecule has 0 radical (unpaired) electrons. The quantitative estimate of drug-likeness (QED) is 0.813. The first-order chi connectivity index (χ1) is 4.74. The third-order valence-electron chi connectivity index (χ3n) is 1.31. The predicted molar refractivity (Wildman–Crippen MR) is 47.3 cm³/mol.